The number of nitrogens with one attached hydrogen (secondary N) is 1. The van der Waals surface area contributed by atoms with E-state index in [1.165, 1.54) is 0 Å². The summed E-state index contributed by atoms with van der Waals surface area (Å²) >= 11 is 4.09. The molecule has 1 aliphatic carbocycles. The highest BCUT2D eigenvalue weighted by Crippen LogP contribution is 2.37. The molecule has 0 radical (unpaired) electrons. The number of hydrogen-bond acceptors (Lipinski definition) is 4. The van der Waals surface area contributed by atoms with Crippen molar-refractivity contribution in [3.63, 3.8) is 0 Å². The fourth-order valence-corrected chi connectivity index (χ4v) is 2.92. The van der Waals surface area contributed by atoms with Crippen LogP contribution in [0.15, 0.2) is 54.1 Å². The number of para-hydroxylation sites is 1. The Kier molecular flexibility index (Phi) is 3.85. The minimum Gasteiger partial charge on any atom is -0.480 e. The van der Waals surface area contributed by atoms with Crippen LogP contribution >= 0.6 is 12.6 Å². The van der Waals surface area contributed by atoms with Gasteiger partial charge in [-0.1, -0.05) is 24.3 Å². The van der Waals surface area contributed by atoms with Crippen LogP contribution in [0.5, 0.6) is 0 Å². The Bertz CT molecular complexity index is 737. The molecule has 0 aromatic heterocycles. The zero-order chi connectivity index (χ0) is 15.7. The van der Waals surface area contributed by atoms with Gasteiger partial charge in [0.25, 0.3) is 11.7 Å². The van der Waals surface area contributed by atoms with Gasteiger partial charge in [0.05, 0.1) is 16.8 Å². The molecule has 0 bridgehead atoms. The van der Waals surface area contributed by atoms with E-state index in [4.69, 9.17) is 0 Å². The van der Waals surface area contributed by atoms with Crippen LogP contribution in [0, 0.1) is 4.91 Å². The van der Waals surface area contributed by atoms with Gasteiger partial charge in [-0.25, -0.2) is 4.79 Å². The Hall–Kier alpha value is -2.34. The van der Waals surface area contributed by atoms with Crippen molar-refractivity contribution < 1.29 is 14.7 Å². The lowest BCUT2D eigenvalue weighted by molar-refractivity contribution is -0.483. The molecule has 0 saturated carbocycles. The molecule has 2 aliphatic rings. The van der Waals surface area contributed by atoms with Crippen LogP contribution < -0.4 is 5.32 Å². The number of nitrogens with zero attached hydrogens (tertiary/aromatic N) is 1. The highest BCUT2D eigenvalue weighted by Gasteiger charge is 2.40. The number of carboxylic acid groups (broad SMARTS) is 1. The van der Waals surface area contributed by atoms with Crippen LogP contribution in [0.25, 0.3) is 5.70 Å². The molecule has 0 amide bonds. The third-order valence-corrected chi connectivity index (χ3v) is 4.12. The van der Waals surface area contributed by atoms with Crippen LogP contribution in [0.1, 0.15) is 5.56 Å². The fraction of sp³-hybridized carbons (Fsp3) is 0.188. The first-order chi connectivity index (χ1) is 10.6. The summed E-state index contributed by atoms with van der Waals surface area (Å²) in [6, 6.07) is 5.91. The van der Waals surface area contributed by atoms with Gasteiger partial charge < -0.3 is 10.4 Å². The molecule has 2 unspecified atom stereocenters. The van der Waals surface area contributed by atoms with Crippen LogP contribution in [0.3, 0.4) is 0 Å². The highest BCUT2D eigenvalue weighted by molar-refractivity contribution is 7.80. The van der Waals surface area contributed by atoms with Gasteiger partial charge in [0.15, 0.2) is 0 Å². The molecule has 0 fully saturated rings. The number of nitroso groups, excluding NO2 is 1. The molecular weight excluding hydrogens is 300 g/mol. The molecule has 2 N–H and O–H groups in total. The number of aliphatic carboxylic acids is 1. The minimum atomic E-state index is -0.975. The molecule has 112 valence electrons. The lowest BCUT2D eigenvalue weighted by atomic mass is 9.91. The lowest BCUT2D eigenvalue weighted by Gasteiger charge is -2.25. The molecule has 5 nitrogen and oxygen atoms in total. The summed E-state index contributed by atoms with van der Waals surface area (Å²) < 4.78 is 0.951. The van der Waals surface area contributed by atoms with Crippen LogP contribution in [0.4, 0.5) is 5.69 Å². The summed E-state index contributed by atoms with van der Waals surface area (Å²) in [7, 11) is 0. The predicted molar refractivity (Wildman–Crippen MR) is 87.1 cm³/mol. The normalized spacial score (nSPS) is 20.4. The first kappa shape index (κ1) is 14.6. The van der Waals surface area contributed by atoms with E-state index in [1.54, 1.807) is 18.2 Å². The molecule has 1 aromatic carbocycles. The topological polar surface area (TPSA) is 69.4 Å². The van der Waals surface area contributed by atoms with Crippen molar-refractivity contribution in [2.24, 2.45) is 0 Å². The van der Waals surface area contributed by atoms with Crippen LogP contribution in [0.2, 0.25) is 0 Å². The zero-order valence-corrected chi connectivity index (χ0v) is 12.5. The lowest BCUT2D eigenvalue weighted by Crippen LogP contribution is -2.40. The molecule has 0 spiro atoms. The predicted octanol–water partition coefficient (Wildman–Crippen LogP) is 2.29. The molecule has 22 heavy (non-hydrogen) atoms. The first-order valence-electron chi connectivity index (χ1n) is 6.88. The smallest absolute Gasteiger partial charge is 0.326 e. The van der Waals surface area contributed by atoms with Gasteiger partial charge >= 0.3 is 5.97 Å². The number of hydrogen-bond donors (Lipinski definition) is 3. The molecule has 3 rings (SSSR count). The van der Waals surface area contributed by atoms with E-state index >= 15 is 0 Å². The first-order valence-corrected chi connectivity index (χ1v) is 7.51. The maximum atomic E-state index is 12.5. The standard InChI is InChI=1S/C16H14N2O3S/c19-16(20)12(9-22)17-15-10-5-1-3-7-13(10)18(21)14-8-4-2-6-11(14)15/h1-8,12-13,17H,9H2,(H-,19,20,22)/p+1. The summed E-state index contributed by atoms with van der Waals surface area (Å²) in [5.74, 6) is -0.823. The van der Waals surface area contributed by atoms with Gasteiger partial charge in [-0.2, -0.15) is 12.6 Å². The fourth-order valence-electron chi connectivity index (χ4n) is 2.67. The molecular formula is C16H15N2O3S+. The van der Waals surface area contributed by atoms with Crippen molar-refractivity contribution in [2.45, 2.75) is 12.1 Å². The highest BCUT2D eigenvalue weighted by atomic mass is 32.1. The van der Waals surface area contributed by atoms with Gasteiger partial charge in [-0.15, -0.1) is 0 Å². The minimum absolute atomic E-state index is 0.152. The van der Waals surface area contributed by atoms with Crippen molar-refractivity contribution in [3.05, 3.63) is 64.6 Å². The van der Waals surface area contributed by atoms with E-state index in [0.29, 0.717) is 16.9 Å². The van der Waals surface area contributed by atoms with Gasteiger partial charge in [-0.3, -0.25) is 0 Å². The maximum absolute atomic E-state index is 12.5. The second-order valence-corrected chi connectivity index (χ2v) is 5.45. The van der Waals surface area contributed by atoms with Crippen molar-refractivity contribution in [1.29, 1.82) is 0 Å². The van der Waals surface area contributed by atoms with E-state index in [9.17, 15) is 14.8 Å². The second kappa shape index (κ2) is 5.81. The molecule has 1 heterocycles. The number of rotatable bonds is 4. The van der Waals surface area contributed by atoms with Gasteiger partial charge in [-0.05, 0) is 18.2 Å². The summed E-state index contributed by atoms with van der Waals surface area (Å²) in [5, 5.41) is 12.3. The molecule has 1 aliphatic heterocycles. The summed E-state index contributed by atoms with van der Waals surface area (Å²) in [5.41, 5.74) is 2.68. The molecule has 6 heteroatoms. The Balaban J connectivity index is 2.14. The van der Waals surface area contributed by atoms with Crippen LogP contribution in [-0.2, 0) is 4.79 Å². The average molecular weight is 315 g/mol. The third kappa shape index (κ3) is 2.35. The van der Waals surface area contributed by atoms with Gasteiger partial charge in [0.2, 0.25) is 0 Å². The van der Waals surface area contributed by atoms with E-state index in [-0.39, 0.29) is 5.75 Å². The number of fused-ring (bicyclic) bond motifs is 2. The number of carboxylic acids is 1. The summed E-state index contributed by atoms with van der Waals surface area (Å²) in [6.45, 7) is 0. The molecule has 2 atom stereocenters. The Morgan fingerprint density at radius 2 is 2.14 bits per heavy atom. The largest absolute Gasteiger partial charge is 0.480 e. The number of carbonyl (C=O) groups is 1. The summed E-state index contributed by atoms with van der Waals surface area (Å²) in [6.07, 6.45) is 7.30. The second-order valence-electron chi connectivity index (χ2n) is 5.08. The van der Waals surface area contributed by atoms with Gasteiger partial charge in [0.1, 0.15) is 6.04 Å². The van der Waals surface area contributed by atoms with Crippen LogP contribution in [-0.4, -0.2) is 33.7 Å². The van der Waals surface area contributed by atoms with E-state index in [2.05, 4.69) is 17.9 Å². The van der Waals surface area contributed by atoms with E-state index in [1.807, 2.05) is 30.4 Å². The quantitative estimate of drug-likeness (QED) is 0.589. The van der Waals surface area contributed by atoms with Crippen molar-refractivity contribution in [2.75, 3.05) is 5.75 Å². The number of benzene rings is 1. The number of thiol groups is 1. The zero-order valence-electron chi connectivity index (χ0n) is 11.6. The Morgan fingerprint density at radius 1 is 1.36 bits per heavy atom. The molecule has 1 aromatic rings. The Morgan fingerprint density at radius 3 is 2.86 bits per heavy atom. The maximum Gasteiger partial charge on any atom is 0.326 e. The summed E-state index contributed by atoms with van der Waals surface area (Å²) in [4.78, 5) is 23.8. The van der Waals surface area contributed by atoms with E-state index < -0.39 is 18.1 Å². The van der Waals surface area contributed by atoms with E-state index in [0.717, 1.165) is 10.3 Å². The monoisotopic (exact) mass is 315 g/mol. The average Bonchev–Trinajstić information content (AvgIpc) is 2.55. The number of allylic oxidation sites excluding steroid dienone is 2. The third-order valence-electron chi connectivity index (χ3n) is 3.75. The van der Waals surface area contributed by atoms with Gasteiger partial charge in [0, 0.05) is 21.5 Å². The van der Waals surface area contributed by atoms with Crippen molar-refractivity contribution >= 4 is 30.0 Å². The Labute approximate surface area is 133 Å². The van der Waals surface area contributed by atoms with Crippen molar-refractivity contribution in [1.82, 2.24) is 5.32 Å². The molecule has 0 saturated heterocycles. The van der Waals surface area contributed by atoms with Crippen molar-refractivity contribution in [3.8, 4) is 0 Å². The SMILES string of the molecule is O=C(O)C(CS)NC1=C2C=CC=CC2[N+](=O)c2ccccc21.